The average molecular weight is 413 g/mol. The molecule has 1 unspecified atom stereocenters. The number of aryl methyl sites for hydroxylation is 2. The highest BCUT2D eigenvalue weighted by molar-refractivity contribution is 5.94. The molecule has 1 amide bonds. The van der Waals surface area contributed by atoms with E-state index in [-0.39, 0.29) is 17.8 Å². The Balaban J connectivity index is 1.49. The van der Waals surface area contributed by atoms with E-state index in [0.29, 0.717) is 17.8 Å². The van der Waals surface area contributed by atoms with Gasteiger partial charge in [-0.3, -0.25) is 9.48 Å². The summed E-state index contributed by atoms with van der Waals surface area (Å²) in [6, 6.07) is 5.68. The first-order valence-electron chi connectivity index (χ1n) is 11.4. The van der Waals surface area contributed by atoms with Crippen molar-refractivity contribution in [3.63, 3.8) is 0 Å². The zero-order valence-electron chi connectivity index (χ0n) is 18.2. The molecule has 2 aromatic rings. The van der Waals surface area contributed by atoms with E-state index in [1.54, 1.807) is 13.0 Å². The lowest BCUT2D eigenvalue weighted by Crippen LogP contribution is -2.36. The predicted octanol–water partition coefficient (Wildman–Crippen LogP) is 4.01. The highest BCUT2D eigenvalue weighted by Crippen LogP contribution is 2.27. The SMILES string of the molecule is CCn1nc(C(=O)N2CCCCCC2)c2c1CCC(NCc1ccc(C)c(F)c1)C2. The molecule has 4 rings (SSSR count). The molecule has 0 radical (unpaired) electrons. The van der Waals surface area contributed by atoms with Crippen molar-refractivity contribution >= 4 is 5.91 Å². The second-order valence-corrected chi connectivity index (χ2v) is 8.70. The number of amides is 1. The lowest BCUT2D eigenvalue weighted by Gasteiger charge is -2.25. The van der Waals surface area contributed by atoms with E-state index >= 15 is 0 Å². The molecule has 162 valence electrons. The van der Waals surface area contributed by atoms with Crippen molar-refractivity contribution in [1.82, 2.24) is 20.0 Å². The van der Waals surface area contributed by atoms with E-state index < -0.39 is 0 Å². The number of hydrogen-bond acceptors (Lipinski definition) is 3. The van der Waals surface area contributed by atoms with Crippen LogP contribution in [0.15, 0.2) is 18.2 Å². The number of likely N-dealkylation sites (tertiary alicyclic amines) is 1. The fraction of sp³-hybridized carbons (Fsp3) is 0.583. The third-order valence-corrected chi connectivity index (χ3v) is 6.57. The van der Waals surface area contributed by atoms with E-state index in [2.05, 4.69) is 12.2 Å². The van der Waals surface area contributed by atoms with Crippen LogP contribution in [0.1, 0.15) is 71.9 Å². The maximum atomic E-state index is 13.9. The number of rotatable bonds is 5. The number of benzene rings is 1. The lowest BCUT2D eigenvalue weighted by molar-refractivity contribution is 0.0753. The van der Waals surface area contributed by atoms with Gasteiger partial charge >= 0.3 is 0 Å². The van der Waals surface area contributed by atoms with Gasteiger partial charge in [0.2, 0.25) is 0 Å². The third kappa shape index (κ3) is 4.43. The minimum Gasteiger partial charge on any atom is -0.337 e. The second-order valence-electron chi connectivity index (χ2n) is 8.70. The first kappa shape index (κ1) is 21.0. The Hall–Kier alpha value is -2.21. The maximum Gasteiger partial charge on any atom is 0.274 e. The van der Waals surface area contributed by atoms with Gasteiger partial charge in [0.15, 0.2) is 5.69 Å². The molecule has 1 fully saturated rings. The van der Waals surface area contributed by atoms with Gasteiger partial charge in [0.05, 0.1) is 0 Å². The number of aromatic nitrogens is 2. The number of fused-ring (bicyclic) bond motifs is 1. The Kier molecular flexibility index (Phi) is 6.52. The molecule has 1 N–H and O–H groups in total. The first-order valence-corrected chi connectivity index (χ1v) is 11.4. The van der Waals surface area contributed by atoms with E-state index in [1.807, 2.05) is 21.7 Å². The quantitative estimate of drug-likeness (QED) is 0.807. The number of carbonyl (C=O) groups is 1. The summed E-state index contributed by atoms with van der Waals surface area (Å²) in [5.41, 5.74) is 4.61. The molecular formula is C24H33FN4O. The Morgan fingerprint density at radius 2 is 2.00 bits per heavy atom. The van der Waals surface area contributed by atoms with Crippen LogP contribution < -0.4 is 5.32 Å². The molecule has 0 spiro atoms. The van der Waals surface area contributed by atoms with Gasteiger partial charge in [0.1, 0.15) is 5.82 Å². The maximum absolute atomic E-state index is 13.9. The van der Waals surface area contributed by atoms with Gasteiger partial charge in [-0.05, 0) is 63.1 Å². The Bertz CT molecular complexity index is 899. The fourth-order valence-corrected chi connectivity index (χ4v) is 4.73. The summed E-state index contributed by atoms with van der Waals surface area (Å²) in [7, 11) is 0. The molecule has 1 atom stereocenters. The van der Waals surface area contributed by atoms with Crippen LogP contribution in [0.2, 0.25) is 0 Å². The molecule has 1 aliphatic heterocycles. The Morgan fingerprint density at radius 1 is 1.23 bits per heavy atom. The van der Waals surface area contributed by atoms with Crippen molar-refractivity contribution in [3.8, 4) is 0 Å². The monoisotopic (exact) mass is 412 g/mol. The van der Waals surface area contributed by atoms with E-state index in [0.717, 1.165) is 62.9 Å². The first-order chi connectivity index (χ1) is 14.6. The number of nitrogens with zero attached hydrogens (tertiary/aromatic N) is 3. The minimum atomic E-state index is -0.158. The molecule has 5 nitrogen and oxygen atoms in total. The summed E-state index contributed by atoms with van der Waals surface area (Å²) in [6.07, 6.45) is 7.31. The largest absolute Gasteiger partial charge is 0.337 e. The molecule has 1 aliphatic carbocycles. The van der Waals surface area contributed by atoms with Gasteiger partial charge in [-0.15, -0.1) is 0 Å². The van der Waals surface area contributed by atoms with Crippen LogP contribution in [-0.4, -0.2) is 39.7 Å². The molecule has 0 saturated carbocycles. The third-order valence-electron chi connectivity index (χ3n) is 6.57. The highest BCUT2D eigenvalue weighted by atomic mass is 19.1. The van der Waals surface area contributed by atoms with Gasteiger partial charge in [-0.1, -0.05) is 25.0 Å². The van der Waals surface area contributed by atoms with Crippen molar-refractivity contribution < 1.29 is 9.18 Å². The minimum absolute atomic E-state index is 0.0987. The fourth-order valence-electron chi connectivity index (χ4n) is 4.73. The smallest absolute Gasteiger partial charge is 0.274 e. The number of hydrogen-bond donors (Lipinski definition) is 1. The molecule has 2 aliphatic rings. The summed E-state index contributed by atoms with van der Waals surface area (Å²) in [6.45, 7) is 6.97. The summed E-state index contributed by atoms with van der Waals surface area (Å²) in [5.74, 6) is -0.0589. The number of carbonyl (C=O) groups excluding carboxylic acids is 1. The number of nitrogens with one attached hydrogen (secondary N) is 1. The summed E-state index contributed by atoms with van der Waals surface area (Å²) < 4.78 is 15.9. The van der Waals surface area contributed by atoms with Crippen molar-refractivity contribution in [2.45, 2.75) is 77.9 Å². The van der Waals surface area contributed by atoms with E-state index in [4.69, 9.17) is 5.10 Å². The summed E-state index contributed by atoms with van der Waals surface area (Å²) in [5, 5.41) is 8.32. The van der Waals surface area contributed by atoms with Crippen LogP contribution in [0.3, 0.4) is 0 Å². The van der Waals surface area contributed by atoms with Crippen LogP contribution in [0.25, 0.3) is 0 Å². The van der Waals surface area contributed by atoms with Crippen molar-refractivity contribution in [2.24, 2.45) is 0 Å². The van der Waals surface area contributed by atoms with Crippen molar-refractivity contribution in [2.75, 3.05) is 13.1 Å². The summed E-state index contributed by atoms with van der Waals surface area (Å²) in [4.78, 5) is 15.3. The van der Waals surface area contributed by atoms with Gasteiger partial charge in [0, 0.05) is 43.5 Å². The van der Waals surface area contributed by atoms with E-state index in [9.17, 15) is 9.18 Å². The molecule has 6 heteroatoms. The van der Waals surface area contributed by atoms with Crippen LogP contribution in [0, 0.1) is 12.7 Å². The van der Waals surface area contributed by atoms with Gasteiger partial charge in [0.25, 0.3) is 5.91 Å². The van der Waals surface area contributed by atoms with E-state index in [1.165, 1.54) is 18.5 Å². The average Bonchev–Trinajstić information content (AvgIpc) is 2.92. The van der Waals surface area contributed by atoms with Crippen LogP contribution in [0.5, 0.6) is 0 Å². The summed E-state index contributed by atoms with van der Waals surface area (Å²) >= 11 is 0. The Morgan fingerprint density at radius 3 is 2.70 bits per heavy atom. The van der Waals surface area contributed by atoms with Crippen molar-refractivity contribution in [3.05, 3.63) is 52.1 Å². The van der Waals surface area contributed by atoms with Crippen LogP contribution in [-0.2, 0) is 25.9 Å². The molecule has 0 bridgehead atoms. The molecule has 30 heavy (non-hydrogen) atoms. The van der Waals surface area contributed by atoms with Crippen LogP contribution >= 0.6 is 0 Å². The highest BCUT2D eigenvalue weighted by Gasteiger charge is 2.31. The molecule has 2 heterocycles. The zero-order chi connectivity index (χ0) is 21.1. The normalized spacial score (nSPS) is 19.4. The second kappa shape index (κ2) is 9.29. The van der Waals surface area contributed by atoms with Crippen LogP contribution in [0.4, 0.5) is 4.39 Å². The lowest BCUT2D eigenvalue weighted by atomic mass is 9.90. The standard InChI is InChI=1S/C24H33FN4O/c1-3-29-22-11-10-19(26-16-18-9-8-17(2)21(25)14-18)15-20(22)23(27-29)24(30)28-12-6-4-5-7-13-28/h8-9,14,19,26H,3-7,10-13,15-16H2,1-2H3. The predicted molar refractivity (Wildman–Crippen MR) is 116 cm³/mol. The van der Waals surface area contributed by atoms with Gasteiger partial charge in [-0.25, -0.2) is 4.39 Å². The molecule has 1 aromatic heterocycles. The molecule has 1 saturated heterocycles. The molecular weight excluding hydrogens is 379 g/mol. The molecule has 1 aromatic carbocycles. The van der Waals surface area contributed by atoms with Crippen molar-refractivity contribution in [1.29, 1.82) is 0 Å². The Labute approximate surface area is 178 Å². The number of halogens is 1. The van der Waals surface area contributed by atoms with Gasteiger partial charge in [-0.2, -0.15) is 5.10 Å². The topological polar surface area (TPSA) is 50.2 Å². The van der Waals surface area contributed by atoms with Gasteiger partial charge < -0.3 is 10.2 Å². The zero-order valence-corrected chi connectivity index (χ0v) is 18.2.